The van der Waals surface area contributed by atoms with Gasteiger partial charge in [-0.15, -0.1) is 0 Å². The lowest BCUT2D eigenvalue weighted by Gasteiger charge is -2.06. The SMILES string of the molecule is CCc1ccc2oc(-c3ccc(OC)cc3)cc(=[NH+]c3ccc(F)cc3)c2c1.F[B-](F)(F)F. The molecule has 1 N–H and O–H groups in total. The molecule has 172 valence electrons. The summed E-state index contributed by atoms with van der Waals surface area (Å²) in [6.45, 7) is 2.12. The minimum absolute atomic E-state index is 0.259. The van der Waals surface area contributed by atoms with Crippen molar-refractivity contribution in [2.45, 2.75) is 13.3 Å². The fraction of sp³-hybridized carbons (Fsp3) is 0.125. The Kier molecular flexibility index (Phi) is 7.53. The average Bonchev–Trinajstić information content (AvgIpc) is 2.79. The van der Waals surface area contributed by atoms with Gasteiger partial charge in [0.2, 0.25) is 11.0 Å². The van der Waals surface area contributed by atoms with Gasteiger partial charge in [0.05, 0.1) is 18.6 Å². The van der Waals surface area contributed by atoms with Crippen molar-refractivity contribution in [1.82, 2.24) is 0 Å². The van der Waals surface area contributed by atoms with Gasteiger partial charge in [-0.2, -0.15) is 0 Å². The molecule has 0 aliphatic rings. The largest absolute Gasteiger partial charge is 0.673 e. The number of halogens is 5. The fourth-order valence-corrected chi connectivity index (χ4v) is 3.14. The zero-order valence-electron chi connectivity index (χ0n) is 17.9. The van der Waals surface area contributed by atoms with Crippen molar-refractivity contribution in [1.29, 1.82) is 0 Å². The number of aryl methyl sites for hydroxylation is 1. The molecule has 4 aromatic rings. The van der Waals surface area contributed by atoms with E-state index in [1.165, 1.54) is 17.7 Å². The molecular formula is C24H21BF5NO2. The van der Waals surface area contributed by atoms with Crippen molar-refractivity contribution in [2.24, 2.45) is 0 Å². The van der Waals surface area contributed by atoms with Crippen LogP contribution in [0.25, 0.3) is 22.3 Å². The summed E-state index contributed by atoms with van der Waals surface area (Å²) in [5.41, 5.74) is 3.78. The first-order valence-electron chi connectivity index (χ1n) is 10.1. The molecule has 1 heterocycles. The molecule has 0 saturated heterocycles. The Morgan fingerprint density at radius 3 is 2.09 bits per heavy atom. The summed E-state index contributed by atoms with van der Waals surface area (Å²) in [4.78, 5) is 3.41. The van der Waals surface area contributed by atoms with Crippen LogP contribution in [0.5, 0.6) is 5.75 Å². The molecule has 4 rings (SSSR count). The van der Waals surface area contributed by atoms with Crippen LogP contribution < -0.4 is 15.1 Å². The maximum Gasteiger partial charge on any atom is 0.673 e. The molecule has 3 nitrogen and oxygen atoms in total. The first-order chi connectivity index (χ1) is 15.7. The van der Waals surface area contributed by atoms with E-state index in [9.17, 15) is 21.7 Å². The van der Waals surface area contributed by atoms with E-state index in [0.29, 0.717) is 0 Å². The fourth-order valence-electron chi connectivity index (χ4n) is 3.14. The summed E-state index contributed by atoms with van der Waals surface area (Å²) < 4.78 is 63.7. The van der Waals surface area contributed by atoms with Gasteiger partial charge in [0.15, 0.2) is 0 Å². The van der Waals surface area contributed by atoms with Gasteiger partial charge in [-0.25, -0.2) is 9.38 Å². The number of rotatable bonds is 4. The highest BCUT2D eigenvalue weighted by atomic mass is 19.5. The Labute approximate surface area is 187 Å². The summed E-state index contributed by atoms with van der Waals surface area (Å²) in [6, 6.07) is 22.3. The molecule has 0 saturated carbocycles. The summed E-state index contributed by atoms with van der Waals surface area (Å²) >= 11 is 0. The third-order valence-corrected chi connectivity index (χ3v) is 4.74. The lowest BCUT2D eigenvalue weighted by molar-refractivity contribution is -0.400. The molecule has 3 aromatic carbocycles. The number of nitrogens with one attached hydrogen (secondary N) is 1. The predicted octanol–water partition coefficient (Wildman–Crippen LogP) is 5.42. The van der Waals surface area contributed by atoms with Crippen LogP contribution in [-0.4, -0.2) is 14.4 Å². The van der Waals surface area contributed by atoms with Crippen molar-refractivity contribution in [2.75, 3.05) is 7.11 Å². The van der Waals surface area contributed by atoms with Crippen LogP contribution in [0.2, 0.25) is 0 Å². The monoisotopic (exact) mass is 461 g/mol. The summed E-state index contributed by atoms with van der Waals surface area (Å²) in [6.07, 6.45) is 0.937. The Hall–Kier alpha value is -3.62. The van der Waals surface area contributed by atoms with Gasteiger partial charge in [0, 0.05) is 17.7 Å². The quantitative estimate of drug-likeness (QED) is 0.326. The third kappa shape index (κ3) is 6.93. The smallest absolute Gasteiger partial charge is 0.497 e. The maximum atomic E-state index is 13.3. The van der Waals surface area contributed by atoms with Gasteiger partial charge in [-0.1, -0.05) is 13.0 Å². The van der Waals surface area contributed by atoms with Gasteiger partial charge in [0.25, 0.3) is 0 Å². The molecule has 1 aromatic heterocycles. The number of fused-ring (bicyclic) bond motifs is 1. The zero-order chi connectivity index (χ0) is 24.0. The number of hydrogen-bond acceptors (Lipinski definition) is 2. The topological polar surface area (TPSA) is 36.3 Å². The highest BCUT2D eigenvalue weighted by Crippen LogP contribution is 2.24. The molecule has 0 radical (unpaired) electrons. The van der Waals surface area contributed by atoms with Crippen LogP contribution in [0.1, 0.15) is 12.5 Å². The molecule has 9 heteroatoms. The minimum Gasteiger partial charge on any atom is -0.497 e. The Bertz CT molecular complexity index is 1280. The second kappa shape index (κ2) is 10.3. The first kappa shape index (κ1) is 24.0. The Balaban J connectivity index is 0.000000555. The van der Waals surface area contributed by atoms with Crippen LogP contribution in [0.3, 0.4) is 0 Å². The van der Waals surface area contributed by atoms with Gasteiger partial charge < -0.3 is 26.4 Å². The van der Waals surface area contributed by atoms with Crippen LogP contribution in [-0.2, 0) is 6.42 Å². The lowest BCUT2D eigenvalue weighted by atomic mass is 10.1. The molecule has 0 amide bonds. The highest BCUT2D eigenvalue weighted by Gasteiger charge is 2.20. The van der Waals surface area contributed by atoms with E-state index in [1.807, 2.05) is 36.4 Å². The molecule has 0 bridgehead atoms. The molecule has 0 unspecified atom stereocenters. The number of benzene rings is 3. The van der Waals surface area contributed by atoms with Gasteiger partial charge >= 0.3 is 7.25 Å². The summed E-state index contributed by atoms with van der Waals surface area (Å²) in [7, 11) is -4.36. The minimum atomic E-state index is -6.00. The second-order valence-corrected chi connectivity index (χ2v) is 7.06. The van der Waals surface area contributed by atoms with E-state index < -0.39 is 7.25 Å². The van der Waals surface area contributed by atoms with Crippen LogP contribution in [0, 0.1) is 5.82 Å². The van der Waals surface area contributed by atoms with Crippen LogP contribution >= 0.6 is 0 Å². The van der Waals surface area contributed by atoms with Crippen molar-refractivity contribution >= 4 is 23.9 Å². The molecule has 0 fully saturated rings. The van der Waals surface area contributed by atoms with E-state index >= 15 is 0 Å². The van der Waals surface area contributed by atoms with E-state index in [0.717, 1.165) is 45.5 Å². The maximum absolute atomic E-state index is 13.3. The second-order valence-electron chi connectivity index (χ2n) is 7.06. The van der Waals surface area contributed by atoms with E-state index in [1.54, 1.807) is 19.2 Å². The summed E-state index contributed by atoms with van der Waals surface area (Å²) in [5, 5.41) is 1.90. The van der Waals surface area contributed by atoms with Crippen molar-refractivity contribution in [3.05, 3.63) is 89.5 Å². The van der Waals surface area contributed by atoms with Gasteiger partial charge in [-0.3, -0.25) is 0 Å². The Morgan fingerprint density at radius 2 is 1.52 bits per heavy atom. The summed E-state index contributed by atoms with van der Waals surface area (Å²) in [5.74, 6) is 1.27. The normalized spacial score (nSPS) is 11.8. The molecule has 0 atom stereocenters. The molecule has 0 aliphatic heterocycles. The average molecular weight is 461 g/mol. The third-order valence-electron chi connectivity index (χ3n) is 4.74. The van der Waals surface area contributed by atoms with E-state index in [4.69, 9.17) is 9.15 Å². The molecule has 0 spiro atoms. The standard InChI is InChI=1S/C24H20FNO2.BF4/c1-3-16-4-13-23-21(14-16)22(26-19-9-7-18(25)8-10-19)15-24(28-23)17-5-11-20(27-2)12-6-17;2-1(3,4)5/h4-15H,3H2,1-2H3;/q;-1/p+1. The van der Waals surface area contributed by atoms with Crippen molar-refractivity contribution in [3.63, 3.8) is 0 Å². The highest BCUT2D eigenvalue weighted by molar-refractivity contribution is 6.50. The van der Waals surface area contributed by atoms with E-state index in [-0.39, 0.29) is 5.82 Å². The van der Waals surface area contributed by atoms with Crippen LogP contribution in [0.4, 0.5) is 27.3 Å². The zero-order valence-corrected chi connectivity index (χ0v) is 17.9. The molecule has 0 aliphatic carbocycles. The Morgan fingerprint density at radius 1 is 0.879 bits per heavy atom. The van der Waals surface area contributed by atoms with E-state index in [2.05, 4.69) is 24.0 Å². The molecule has 33 heavy (non-hydrogen) atoms. The molecular weight excluding hydrogens is 440 g/mol. The first-order valence-corrected chi connectivity index (χ1v) is 10.1. The van der Waals surface area contributed by atoms with Gasteiger partial charge in [-0.05, 0) is 60.5 Å². The van der Waals surface area contributed by atoms with Gasteiger partial charge in [0.1, 0.15) is 22.9 Å². The lowest BCUT2D eigenvalue weighted by Crippen LogP contribution is -2.70. The number of hydrogen-bond donors (Lipinski definition) is 1. The van der Waals surface area contributed by atoms with Crippen molar-refractivity contribution < 1.29 is 35.8 Å². The van der Waals surface area contributed by atoms with Crippen molar-refractivity contribution in [3.8, 4) is 17.1 Å². The predicted molar refractivity (Wildman–Crippen MR) is 118 cm³/mol. The number of methoxy groups -OCH3 is 1. The number of ether oxygens (including phenoxy) is 1. The van der Waals surface area contributed by atoms with Crippen LogP contribution in [0.15, 0.2) is 77.2 Å².